The number of thiol groups is 1. The lowest BCUT2D eigenvalue weighted by atomic mass is 10.0. The SMILES string of the molecule is COc1cc(C[SH](C)(O)=NC(=O)O)cc(Nc2cc(-c3ccc(F)cc3OC)c(F)cn2)n1. The molecule has 0 bridgehead atoms. The van der Waals surface area contributed by atoms with Crippen molar-refractivity contribution in [3.8, 4) is 22.8 Å². The fraction of sp³-hybridized carbons (Fsp3) is 0.190. The van der Waals surface area contributed by atoms with Crippen LogP contribution >= 0.6 is 0 Å². The Kier molecular flexibility index (Phi) is 7.19. The molecule has 0 atom stereocenters. The van der Waals surface area contributed by atoms with Crippen molar-refractivity contribution in [3.05, 3.63) is 59.8 Å². The minimum absolute atomic E-state index is 0.0261. The van der Waals surface area contributed by atoms with Crippen LogP contribution in [-0.4, -0.2) is 46.2 Å². The lowest BCUT2D eigenvalue weighted by Crippen LogP contribution is -2.13. The third-order valence-electron chi connectivity index (χ3n) is 4.42. The number of halogens is 2. The van der Waals surface area contributed by atoms with Crippen LogP contribution in [0.5, 0.6) is 11.6 Å². The maximum atomic E-state index is 14.5. The van der Waals surface area contributed by atoms with Gasteiger partial charge in [-0.3, -0.25) is 0 Å². The summed E-state index contributed by atoms with van der Waals surface area (Å²) in [4.78, 5) is 19.1. The summed E-state index contributed by atoms with van der Waals surface area (Å²) in [5.41, 5.74) is 0.981. The molecule has 0 aliphatic rings. The molecule has 0 fully saturated rings. The number of pyridine rings is 2. The highest BCUT2D eigenvalue weighted by molar-refractivity contribution is 7.98. The zero-order valence-electron chi connectivity index (χ0n) is 17.9. The van der Waals surface area contributed by atoms with E-state index in [1.165, 1.54) is 38.7 Å². The first-order valence-corrected chi connectivity index (χ1v) is 11.8. The first kappa shape index (κ1) is 24.0. The molecule has 33 heavy (non-hydrogen) atoms. The van der Waals surface area contributed by atoms with Gasteiger partial charge in [0, 0.05) is 29.0 Å². The highest BCUT2D eigenvalue weighted by Gasteiger charge is 2.15. The second-order valence-electron chi connectivity index (χ2n) is 7.05. The van der Waals surface area contributed by atoms with Crippen molar-refractivity contribution in [2.75, 3.05) is 25.8 Å². The summed E-state index contributed by atoms with van der Waals surface area (Å²) < 4.78 is 52.1. The number of hydrogen-bond acceptors (Lipinski definition) is 6. The summed E-state index contributed by atoms with van der Waals surface area (Å²) in [6.07, 6.45) is 0.918. The van der Waals surface area contributed by atoms with Crippen LogP contribution < -0.4 is 14.8 Å². The zero-order valence-corrected chi connectivity index (χ0v) is 18.8. The number of nitrogens with zero attached hydrogens (tertiary/aromatic N) is 3. The van der Waals surface area contributed by atoms with Crippen LogP contribution in [0.25, 0.3) is 11.1 Å². The summed E-state index contributed by atoms with van der Waals surface area (Å²) in [5, 5.41) is 11.8. The van der Waals surface area contributed by atoms with Crippen molar-refractivity contribution in [1.29, 1.82) is 0 Å². The molecular weight excluding hydrogens is 458 g/mol. The molecule has 3 N–H and O–H groups in total. The van der Waals surface area contributed by atoms with Crippen LogP contribution in [0.4, 0.5) is 25.2 Å². The number of carbonyl (C=O) groups is 1. The fourth-order valence-electron chi connectivity index (χ4n) is 3.12. The van der Waals surface area contributed by atoms with E-state index in [2.05, 4.69) is 19.6 Å². The number of rotatable bonds is 7. The number of aromatic nitrogens is 2. The van der Waals surface area contributed by atoms with Crippen molar-refractivity contribution in [2.24, 2.45) is 4.36 Å². The predicted octanol–water partition coefficient (Wildman–Crippen LogP) is 4.53. The summed E-state index contributed by atoms with van der Waals surface area (Å²) in [5.74, 6) is -0.348. The Hall–Kier alpha value is -3.64. The number of carboxylic acid groups (broad SMARTS) is 1. The van der Waals surface area contributed by atoms with Gasteiger partial charge in [0.05, 0.1) is 20.4 Å². The second kappa shape index (κ2) is 9.88. The van der Waals surface area contributed by atoms with E-state index in [-0.39, 0.29) is 34.6 Å². The molecule has 3 aromatic rings. The maximum Gasteiger partial charge on any atom is 0.437 e. The van der Waals surface area contributed by atoms with Gasteiger partial charge in [-0.2, -0.15) is 9.35 Å². The van der Waals surface area contributed by atoms with Crippen molar-refractivity contribution in [3.63, 3.8) is 0 Å². The van der Waals surface area contributed by atoms with E-state index in [0.29, 0.717) is 11.1 Å². The number of ether oxygens (including phenoxy) is 2. The largest absolute Gasteiger partial charge is 0.496 e. The molecule has 2 aromatic heterocycles. The van der Waals surface area contributed by atoms with Crippen LogP contribution in [0.15, 0.2) is 47.0 Å². The molecule has 0 saturated carbocycles. The molecule has 0 unspecified atom stereocenters. The van der Waals surface area contributed by atoms with Crippen LogP contribution in [0.1, 0.15) is 5.56 Å². The van der Waals surface area contributed by atoms with Gasteiger partial charge in [-0.25, -0.2) is 18.6 Å². The molecule has 9 nitrogen and oxygen atoms in total. The Morgan fingerprint density at radius 3 is 2.55 bits per heavy atom. The van der Waals surface area contributed by atoms with Crippen molar-refractivity contribution < 1.29 is 32.7 Å². The van der Waals surface area contributed by atoms with Crippen molar-refractivity contribution in [1.82, 2.24) is 9.97 Å². The molecule has 176 valence electrons. The van der Waals surface area contributed by atoms with Gasteiger partial charge in [0.2, 0.25) is 5.88 Å². The first-order chi connectivity index (χ1) is 15.6. The van der Waals surface area contributed by atoms with E-state index in [4.69, 9.17) is 14.6 Å². The number of anilines is 2. The van der Waals surface area contributed by atoms with Crippen LogP contribution in [0.2, 0.25) is 0 Å². The molecule has 1 aromatic carbocycles. The van der Waals surface area contributed by atoms with Gasteiger partial charge >= 0.3 is 6.09 Å². The number of amides is 1. The lowest BCUT2D eigenvalue weighted by molar-refractivity contribution is 0.206. The predicted molar refractivity (Wildman–Crippen MR) is 122 cm³/mol. The molecule has 0 aliphatic carbocycles. The van der Waals surface area contributed by atoms with E-state index in [1.54, 1.807) is 12.1 Å². The lowest BCUT2D eigenvalue weighted by Gasteiger charge is -2.18. The van der Waals surface area contributed by atoms with Gasteiger partial charge in [0.1, 0.15) is 29.0 Å². The molecule has 0 saturated heterocycles. The third kappa shape index (κ3) is 6.20. The highest BCUT2D eigenvalue weighted by Crippen LogP contribution is 2.34. The Bertz CT molecular complexity index is 1250. The molecule has 0 radical (unpaired) electrons. The average Bonchev–Trinajstić information content (AvgIpc) is 2.73. The normalized spacial score (nSPS) is 11.6. The van der Waals surface area contributed by atoms with Crippen LogP contribution in [0, 0.1) is 11.6 Å². The average molecular weight is 480 g/mol. The highest BCUT2D eigenvalue weighted by atomic mass is 32.3. The van der Waals surface area contributed by atoms with Crippen molar-refractivity contribution >= 4 is 27.8 Å². The molecule has 1 amide bonds. The van der Waals surface area contributed by atoms with E-state index in [9.17, 15) is 18.1 Å². The Labute approximate surface area is 189 Å². The quantitative estimate of drug-likeness (QED) is 0.363. The van der Waals surface area contributed by atoms with E-state index >= 15 is 0 Å². The smallest absolute Gasteiger partial charge is 0.437 e. The summed E-state index contributed by atoms with van der Waals surface area (Å²) in [7, 11) is -0.360. The minimum Gasteiger partial charge on any atom is -0.496 e. The Morgan fingerprint density at radius 2 is 1.88 bits per heavy atom. The summed E-state index contributed by atoms with van der Waals surface area (Å²) >= 11 is 0. The molecule has 2 heterocycles. The molecule has 0 spiro atoms. The van der Waals surface area contributed by atoms with E-state index in [1.807, 2.05) is 0 Å². The van der Waals surface area contributed by atoms with E-state index in [0.717, 1.165) is 12.3 Å². The standard InChI is InChI=1S/C21H22F2N4O5S/c1-31-17-8-13(22)4-5-14(17)15-9-18(24-10-16(15)23)25-19-6-12(7-20(26-19)32-2)11-33(3,30)27-21(28)29/h4-10,33H,11H2,1-3H3,(H,27,30)(H,28,29)(H,24,25,26). The second-order valence-corrected chi connectivity index (χ2v) is 9.74. The van der Waals surface area contributed by atoms with Crippen LogP contribution in [0.3, 0.4) is 0 Å². The van der Waals surface area contributed by atoms with Crippen LogP contribution in [-0.2, 0) is 15.9 Å². The number of methoxy groups -OCH3 is 2. The monoisotopic (exact) mass is 480 g/mol. The number of benzene rings is 1. The van der Waals surface area contributed by atoms with Gasteiger partial charge in [0.25, 0.3) is 0 Å². The van der Waals surface area contributed by atoms with E-state index < -0.39 is 27.8 Å². The van der Waals surface area contributed by atoms with Gasteiger partial charge in [0.15, 0.2) is 0 Å². The minimum atomic E-state index is -3.12. The number of hydrogen-bond donors (Lipinski definition) is 4. The summed E-state index contributed by atoms with van der Waals surface area (Å²) in [6.45, 7) is 0. The van der Waals surface area contributed by atoms with Gasteiger partial charge < -0.3 is 24.4 Å². The van der Waals surface area contributed by atoms with Gasteiger partial charge in [-0.1, -0.05) is 10.1 Å². The molecule has 0 aliphatic heterocycles. The maximum absolute atomic E-state index is 14.5. The van der Waals surface area contributed by atoms with Crippen molar-refractivity contribution in [2.45, 2.75) is 5.75 Å². The number of nitrogens with one attached hydrogen (secondary N) is 1. The topological polar surface area (TPSA) is 126 Å². The van der Waals surface area contributed by atoms with Gasteiger partial charge in [-0.15, -0.1) is 0 Å². The molecular formula is C21H22F2N4O5S. The Balaban J connectivity index is 1.97. The first-order valence-electron chi connectivity index (χ1n) is 9.46. The molecule has 12 heteroatoms. The van der Waals surface area contributed by atoms with Gasteiger partial charge in [-0.05, 0) is 36.1 Å². The molecule has 3 rings (SSSR count). The third-order valence-corrected chi connectivity index (χ3v) is 5.99. The Morgan fingerprint density at radius 1 is 1.12 bits per heavy atom. The zero-order chi connectivity index (χ0) is 24.2. The summed E-state index contributed by atoms with van der Waals surface area (Å²) in [6, 6.07) is 8.26. The fourth-order valence-corrected chi connectivity index (χ4v) is 4.43.